The maximum absolute atomic E-state index is 11.3. The van der Waals surface area contributed by atoms with Crippen LogP contribution in [0.25, 0.3) is 10.9 Å². The summed E-state index contributed by atoms with van der Waals surface area (Å²) in [5.74, 6) is 0.271. The molecule has 0 amide bonds. The minimum atomic E-state index is -0.416. The number of nitrogens with zero attached hydrogens (tertiary/aromatic N) is 3. The van der Waals surface area contributed by atoms with Crippen LogP contribution in [0.5, 0.6) is 0 Å². The summed E-state index contributed by atoms with van der Waals surface area (Å²) in [5, 5.41) is 15.2. The zero-order chi connectivity index (χ0) is 15.5. The van der Waals surface area contributed by atoms with Crippen molar-refractivity contribution in [3.05, 3.63) is 70.5 Å². The normalized spacial score (nSPS) is 12.0. The van der Waals surface area contributed by atoms with Gasteiger partial charge in [-0.3, -0.25) is 15.1 Å². The molecule has 0 aliphatic carbocycles. The van der Waals surface area contributed by atoms with Gasteiger partial charge in [-0.15, -0.1) is 0 Å². The van der Waals surface area contributed by atoms with Gasteiger partial charge in [0.1, 0.15) is 0 Å². The molecule has 0 unspecified atom stereocenters. The largest absolute Gasteiger partial charge is 0.358 e. The monoisotopic (exact) mass is 294 g/mol. The lowest BCUT2D eigenvalue weighted by molar-refractivity contribution is -0.384. The number of anilines is 1. The van der Waals surface area contributed by atoms with Crippen molar-refractivity contribution in [1.29, 1.82) is 0 Å². The number of nitrogens with one attached hydrogen (secondary N) is 1. The summed E-state index contributed by atoms with van der Waals surface area (Å²) in [6, 6.07) is 12.5. The average Bonchev–Trinajstić information content (AvgIpc) is 2.54. The SMILES string of the molecule is C[C@@H](Nc1nc2ccccc2cc1[N+](=O)[O-])c1ccncc1. The van der Waals surface area contributed by atoms with Crippen molar-refractivity contribution in [1.82, 2.24) is 9.97 Å². The van der Waals surface area contributed by atoms with E-state index >= 15 is 0 Å². The fraction of sp³-hybridized carbons (Fsp3) is 0.125. The summed E-state index contributed by atoms with van der Waals surface area (Å²) in [5.41, 5.74) is 1.68. The summed E-state index contributed by atoms with van der Waals surface area (Å²) in [6.45, 7) is 1.93. The van der Waals surface area contributed by atoms with Gasteiger partial charge in [0.05, 0.1) is 16.5 Å². The first-order valence-electron chi connectivity index (χ1n) is 6.86. The van der Waals surface area contributed by atoms with Crippen LogP contribution in [-0.4, -0.2) is 14.9 Å². The number of rotatable bonds is 4. The van der Waals surface area contributed by atoms with Gasteiger partial charge in [-0.25, -0.2) is 4.98 Å². The van der Waals surface area contributed by atoms with E-state index in [-0.39, 0.29) is 17.5 Å². The van der Waals surface area contributed by atoms with Gasteiger partial charge < -0.3 is 5.32 Å². The highest BCUT2D eigenvalue weighted by atomic mass is 16.6. The molecule has 1 N–H and O–H groups in total. The molecule has 110 valence electrons. The van der Waals surface area contributed by atoms with Gasteiger partial charge in [0.15, 0.2) is 0 Å². The fourth-order valence-corrected chi connectivity index (χ4v) is 2.29. The summed E-state index contributed by atoms with van der Waals surface area (Å²) in [6.07, 6.45) is 3.38. The number of fused-ring (bicyclic) bond motifs is 1. The molecular formula is C16H14N4O2. The predicted molar refractivity (Wildman–Crippen MR) is 84.7 cm³/mol. The second kappa shape index (κ2) is 5.77. The quantitative estimate of drug-likeness (QED) is 0.586. The van der Waals surface area contributed by atoms with E-state index in [4.69, 9.17) is 0 Å². The predicted octanol–water partition coefficient (Wildman–Crippen LogP) is 3.71. The standard InChI is InChI=1S/C16H14N4O2/c1-11(12-6-8-17-9-7-12)18-16-15(20(21)22)10-13-4-2-3-5-14(13)19-16/h2-11H,1H3,(H,18,19)/t11-/m1/s1. The highest BCUT2D eigenvalue weighted by molar-refractivity contribution is 5.84. The zero-order valence-electron chi connectivity index (χ0n) is 11.9. The summed E-state index contributed by atoms with van der Waals surface area (Å²) < 4.78 is 0. The number of nitro groups is 1. The molecule has 2 heterocycles. The van der Waals surface area contributed by atoms with Gasteiger partial charge in [0.2, 0.25) is 5.82 Å². The molecule has 22 heavy (non-hydrogen) atoms. The van der Waals surface area contributed by atoms with E-state index in [9.17, 15) is 10.1 Å². The van der Waals surface area contributed by atoms with Crippen molar-refractivity contribution >= 4 is 22.4 Å². The van der Waals surface area contributed by atoms with E-state index in [0.717, 1.165) is 16.5 Å². The van der Waals surface area contributed by atoms with Crippen LogP contribution < -0.4 is 5.32 Å². The lowest BCUT2D eigenvalue weighted by atomic mass is 10.1. The van der Waals surface area contributed by atoms with Crippen molar-refractivity contribution in [3.8, 4) is 0 Å². The van der Waals surface area contributed by atoms with Gasteiger partial charge in [-0.05, 0) is 30.7 Å². The van der Waals surface area contributed by atoms with Crippen LogP contribution in [-0.2, 0) is 0 Å². The van der Waals surface area contributed by atoms with E-state index in [1.54, 1.807) is 18.5 Å². The second-order valence-corrected chi connectivity index (χ2v) is 4.95. The van der Waals surface area contributed by atoms with Crippen molar-refractivity contribution in [2.75, 3.05) is 5.32 Å². The van der Waals surface area contributed by atoms with Crippen LogP contribution in [0.15, 0.2) is 54.9 Å². The topological polar surface area (TPSA) is 81.0 Å². The third-order valence-electron chi connectivity index (χ3n) is 3.46. The number of benzene rings is 1. The van der Waals surface area contributed by atoms with Gasteiger partial charge in [-0.1, -0.05) is 18.2 Å². The zero-order valence-corrected chi connectivity index (χ0v) is 11.9. The first-order valence-corrected chi connectivity index (χ1v) is 6.86. The first-order chi connectivity index (χ1) is 10.6. The van der Waals surface area contributed by atoms with E-state index in [1.165, 1.54) is 0 Å². The molecule has 3 aromatic rings. The van der Waals surface area contributed by atoms with E-state index in [1.807, 2.05) is 43.3 Å². The molecule has 2 aromatic heterocycles. The molecule has 0 fully saturated rings. The summed E-state index contributed by atoms with van der Waals surface area (Å²) in [7, 11) is 0. The Hall–Kier alpha value is -3.02. The van der Waals surface area contributed by atoms with Crippen LogP contribution >= 0.6 is 0 Å². The highest BCUT2D eigenvalue weighted by Crippen LogP contribution is 2.29. The van der Waals surface area contributed by atoms with Gasteiger partial charge in [0, 0.05) is 23.8 Å². The lowest BCUT2D eigenvalue weighted by Crippen LogP contribution is -2.10. The molecule has 3 rings (SSSR count). The molecule has 6 heteroatoms. The number of aromatic nitrogens is 2. The molecule has 0 saturated carbocycles. The molecule has 0 bridgehead atoms. The van der Waals surface area contributed by atoms with E-state index in [2.05, 4.69) is 15.3 Å². The van der Waals surface area contributed by atoms with Crippen molar-refractivity contribution < 1.29 is 4.92 Å². The third-order valence-corrected chi connectivity index (χ3v) is 3.46. The van der Waals surface area contributed by atoms with Crippen LogP contribution in [0.1, 0.15) is 18.5 Å². The second-order valence-electron chi connectivity index (χ2n) is 4.95. The Morgan fingerprint density at radius 2 is 1.91 bits per heavy atom. The molecule has 0 aliphatic heterocycles. The third kappa shape index (κ3) is 2.71. The maximum atomic E-state index is 11.3. The van der Waals surface area contributed by atoms with Crippen molar-refractivity contribution in [2.24, 2.45) is 0 Å². The van der Waals surface area contributed by atoms with E-state index < -0.39 is 4.92 Å². The Morgan fingerprint density at radius 3 is 2.64 bits per heavy atom. The lowest BCUT2D eigenvalue weighted by Gasteiger charge is -2.15. The molecule has 0 radical (unpaired) electrons. The van der Waals surface area contributed by atoms with Gasteiger partial charge in [0.25, 0.3) is 0 Å². The maximum Gasteiger partial charge on any atom is 0.312 e. The Labute approximate surface area is 127 Å². The Kier molecular flexibility index (Phi) is 3.65. The Morgan fingerprint density at radius 1 is 1.18 bits per heavy atom. The average molecular weight is 294 g/mol. The molecular weight excluding hydrogens is 280 g/mol. The minimum absolute atomic E-state index is 0.0281. The van der Waals surface area contributed by atoms with Crippen LogP contribution in [0.2, 0.25) is 0 Å². The molecule has 0 saturated heterocycles. The number of pyridine rings is 2. The Bertz CT molecular complexity index is 821. The molecule has 6 nitrogen and oxygen atoms in total. The van der Waals surface area contributed by atoms with E-state index in [0.29, 0.717) is 0 Å². The highest BCUT2D eigenvalue weighted by Gasteiger charge is 2.19. The summed E-state index contributed by atoms with van der Waals surface area (Å²) >= 11 is 0. The fourth-order valence-electron chi connectivity index (χ4n) is 2.29. The van der Waals surface area contributed by atoms with Crippen molar-refractivity contribution in [3.63, 3.8) is 0 Å². The minimum Gasteiger partial charge on any atom is -0.358 e. The molecule has 0 aliphatic rings. The Balaban J connectivity index is 2.01. The first kappa shape index (κ1) is 13.9. The van der Waals surface area contributed by atoms with Crippen LogP contribution in [0.4, 0.5) is 11.5 Å². The van der Waals surface area contributed by atoms with Crippen LogP contribution in [0, 0.1) is 10.1 Å². The number of hydrogen-bond acceptors (Lipinski definition) is 5. The number of para-hydroxylation sites is 1. The number of hydrogen-bond donors (Lipinski definition) is 1. The molecule has 0 spiro atoms. The van der Waals surface area contributed by atoms with Crippen LogP contribution in [0.3, 0.4) is 0 Å². The molecule has 1 aromatic carbocycles. The van der Waals surface area contributed by atoms with Gasteiger partial charge >= 0.3 is 5.69 Å². The van der Waals surface area contributed by atoms with Crippen molar-refractivity contribution in [2.45, 2.75) is 13.0 Å². The summed E-state index contributed by atoms with van der Waals surface area (Å²) in [4.78, 5) is 19.2. The smallest absolute Gasteiger partial charge is 0.312 e. The van der Waals surface area contributed by atoms with Gasteiger partial charge in [-0.2, -0.15) is 0 Å². The molecule has 1 atom stereocenters.